The first kappa shape index (κ1) is 21.6. The molecule has 3 unspecified atom stereocenters. The highest BCUT2D eigenvalue weighted by molar-refractivity contribution is 7.92. The van der Waals surface area contributed by atoms with E-state index in [2.05, 4.69) is 5.32 Å². The average Bonchev–Trinajstić information content (AvgIpc) is 3.30. The number of sulfone groups is 1. The molecule has 0 spiro atoms. The maximum atomic E-state index is 13.4. The molecule has 0 aliphatic heterocycles. The van der Waals surface area contributed by atoms with Crippen LogP contribution in [0.3, 0.4) is 0 Å². The van der Waals surface area contributed by atoms with Gasteiger partial charge in [0.15, 0.2) is 9.84 Å². The van der Waals surface area contributed by atoms with Gasteiger partial charge in [0.05, 0.1) is 10.4 Å². The molecule has 3 rings (SSSR count). The lowest BCUT2D eigenvalue weighted by molar-refractivity contribution is 0.0497. The van der Waals surface area contributed by atoms with Gasteiger partial charge in [0.1, 0.15) is 10.9 Å². The van der Waals surface area contributed by atoms with Crippen molar-refractivity contribution in [2.45, 2.75) is 48.0 Å². The zero-order chi connectivity index (χ0) is 21.4. The molecule has 0 radical (unpaired) electrons. The molecule has 0 aromatic heterocycles. The van der Waals surface area contributed by atoms with Crippen LogP contribution in [0.4, 0.5) is 4.79 Å². The third kappa shape index (κ3) is 4.27. The Morgan fingerprint density at radius 1 is 1.17 bits per heavy atom. The van der Waals surface area contributed by atoms with Crippen molar-refractivity contribution in [2.24, 2.45) is 5.73 Å². The molecule has 0 heterocycles. The molecule has 1 aliphatic rings. The van der Waals surface area contributed by atoms with Gasteiger partial charge in [0.25, 0.3) is 0 Å². The van der Waals surface area contributed by atoms with Gasteiger partial charge < -0.3 is 15.8 Å². The fraction of sp³-hybridized carbons (Fsp3) is 0.381. The summed E-state index contributed by atoms with van der Waals surface area (Å²) in [6.45, 7) is 5.14. The lowest BCUT2D eigenvalue weighted by atomic mass is 10.1. The topological polar surface area (TPSA) is 98.5 Å². The minimum Gasteiger partial charge on any atom is -0.444 e. The van der Waals surface area contributed by atoms with Crippen LogP contribution in [0.25, 0.3) is 0 Å². The van der Waals surface area contributed by atoms with Crippen LogP contribution in [0.1, 0.15) is 32.3 Å². The largest absolute Gasteiger partial charge is 0.444 e. The van der Waals surface area contributed by atoms with Gasteiger partial charge in [0, 0.05) is 17.5 Å². The molecular weight excluding hydrogens is 412 g/mol. The molecule has 29 heavy (non-hydrogen) atoms. The van der Waals surface area contributed by atoms with E-state index < -0.39 is 38.2 Å². The minimum atomic E-state index is -3.78. The van der Waals surface area contributed by atoms with Gasteiger partial charge in [-0.2, -0.15) is 0 Å². The van der Waals surface area contributed by atoms with E-state index >= 15 is 0 Å². The van der Waals surface area contributed by atoms with Crippen molar-refractivity contribution < 1.29 is 17.9 Å². The summed E-state index contributed by atoms with van der Waals surface area (Å²) < 4.78 is 32.2. The SMILES string of the molecule is CC(C)(C)OC(=O)NC1(CN)C(c2cccc(Cl)c2)C1S(=O)(=O)c1ccccc1. The predicted octanol–water partition coefficient (Wildman–Crippen LogP) is 3.50. The van der Waals surface area contributed by atoms with Gasteiger partial charge in [-0.1, -0.05) is 41.9 Å². The Labute approximate surface area is 176 Å². The molecule has 3 N–H and O–H groups in total. The van der Waals surface area contributed by atoms with E-state index in [0.29, 0.717) is 10.6 Å². The third-order valence-corrected chi connectivity index (χ3v) is 7.47. The van der Waals surface area contributed by atoms with Gasteiger partial charge in [-0.25, -0.2) is 13.2 Å². The summed E-state index contributed by atoms with van der Waals surface area (Å²) in [6.07, 6.45) is -0.708. The van der Waals surface area contributed by atoms with Crippen molar-refractivity contribution in [1.82, 2.24) is 5.32 Å². The van der Waals surface area contributed by atoms with Crippen molar-refractivity contribution in [1.29, 1.82) is 0 Å². The van der Waals surface area contributed by atoms with Crippen LogP contribution in [-0.4, -0.2) is 37.4 Å². The second kappa shape index (κ2) is 7.63. The smallest absolute Gasteiger partial charge is 0.408 e. The van der Waals surface area contributed by atoms with Crippen molar-refractivity contribution >= 4 is 27.5 Å². The van der Waals surface area contributed by atoms with E-state index in [1.54, 1.807) is 63.2 Å². The number of rotatable bonds is 5. The summed E-state index contributed by atoms with van der Waals surface area (Å²) in [7, 11) is -3.78. The second-order valence-electron chi connectivity index (χ2n) is 8.18. The number of carbonyl (C=O) groups is 1. The number of amides is 1. The fourth-order valence-corrected chi connectivity index (χ4v) is 6.29. The lowest BCUT2D eigenvalue weighted by Crippen LogP contribution is -2.49. The molecular formula is C21H25ClN2O4S. The number of ether oxygens (including phenoxy) is 1. The first-order valence-electron chi connectivity index (χ1n) is 9.27. The Morgan fingerprint density at radius 3 is 2.38 bits per heavy atom. The number of halogens is 1. The summed E-state index contributed by atoms with van der Waals surface area (Å²) in [4.78, 5) is 12.7. The summed E-state index contributed by atoms with van der Waals surface area (Å²) >= 11 is 6.13. The summed E-state index contributed by atoms with van der Waals surface area (Å²) in [5, 5.41) is 2.30. The Morgan fingerprint density at radius 2 is 1.83 bits per heavy atom. The molecule has 1 aliphatic carbocycles. The summed E-state index contributed by atoms with van der Waals surface area (Å²) in [5.74, 6) is -0.552. The molecule has 2 aromatic carbocycles. The van der Waals surface area contributed by atoms with Crippen molar-refractivity contribution in [3.8, 4) is 0 Å². The van der Waals surface area contributed by atoms with Crippen LogP contribution in [0.2, 0.25) is 5.02 Å². The number of hydrogen-bond acceptors (Lipinski definition) is 5. The minimum absolute atomic E-state index is 0.0693. The predicted molar refractivity (Wildman–Crippen MR) is 113 cm³/mol. The number of hydrogen-bond donors (Lipinski definition) is 2. The van der Waals surface area contributed by atoms with E-state index in [-0.39, 0.29) is 11.4 Å². The third-order valence-electron chi connectivity index (χ3n) is 4.94. The van der Waals surface area contributed by atoms with Crippen LogP contribution in [0.5, 0.6) is 0 Å². The number of alkyl carbamates (subject to hydrolysis) is 1. The highest BCUT2D eigenvalue weighted by atomic mass is 35.5. The molecule has 0 saturated heterocycles. The van der Waals surface area contributed by atoms with E-state index in [1.807, 2.05) is 0 Å². The van der Waals surface area contributed by atoms with Gasteiger partial charge >= 0.3 is 6.09 Å². The number of benzene rings is 2. The molecule has 1 saturated carbocycles. The fourth-order valence-electron chi connectivity index (χ4n) is 3.73. The Balaban J connectivity index is 2.04. The molecule has 0 bridgehead atoms. The van der Waals surface area contributed by atoms with Crippen LogP contribution >= 0.6 is 11.6 Å². The average molecular weight is 437 g/mol. The number of carbonyl (C=O) groups excluding carboxylic acids is 1. The zero-order valence-corrected chi connectivity index (χ0v) is 18.1. The van der Waals surface area contributed by atoms with Crippen molar-refractivity contribution in [3.05, 3.63) is 65.2 Å². The maximum absolute atomic E-state index is 13.4. The van der Waals surface area contributed by atoms with E-state index in [1.165, 1.54) is 12.1 Å². The summed E-state index contributed by atoms with van der Waals surface area (Å²) in [6, 6.07) is 15.1. The maximum Gasteiger partial charge on any atom is 0.408 e. The first-order chi connectivity index (χ1) is 13.5. The van der Waals surface area contributed by atoms with E-state index in [0.717, 1.165) is 0 Å². The standard InChI is InChI=1S/C21H25ClN2O4S/c1-20(2,3)28-19(25)24-21(13-23)17(14-8-7-9-15(22)12-14)18(21)29(26,27)16-10-5-4-6-11-16/h4-12,17-18H,13,23H2,1-3H3,(H,24,25). The second-order valence-corrected chi connectivity index (χ2v) is 10.7. The Kier molecular flexibility index (Phi) is 5.69. The van der Waals surface area contributed by atoms with Crippen LogP contribution in [0.15, 0.2) is 59.5 Å². The normalized spacial score (nSPS) is 24.0. The highest BCUT2D eigenvalue weighted by Crippen LogP contribution is 2.57. The van der Waals surface area contributed by atoms with Crippen LogP contribution < -0.4 is 11.1 Å². The molecule has 6 nitrogen and oxygen atoms in total. The van der Waals surface area contributed by atoms with Crippen LogP contribution in [-0.2, 0) is 14.6 Å². The molecule has 1 fully saturated rings. The Bertz CT molecular complexity index is 1000. The van der Waals surface area contributed by atoms with E-state index in [4.69, 9.17) is 22.1 Å². The van der Waals surface area contributed by atoms with Gasteiger partial charge in [-0.15, -0.1) is 0 Å². The number of nitrogens with one attached hydrogen (secondary N) is 1. The van der Waals surface area contributed by atoms with Gasteiger partial charge in [-0.3, -0.25) is 0 Å². The molecule has 2 aromatic rings. The highest BCUT2D eigenvalue weighted by Gasteiger charge is 2.71. The quantitative estimate of drug-likeness (QED) is 0.747. The first-order valence-corrected chi connectivity index (χ1v) is 11.2. The zero-order valence-electron chi connectivity index (χ0n) is 16.6. The monoisotopic (exact) mass is 436 g/mol. The van der Waals surface area contributed by atoms with Gasteiger partial charge in [-0.05, 0) is 50.6 Å². The van der Waals surface area contributed by atoms with Crippen molar-refractivity contribution in [2.75, 3.05) is 6.54 Å². The van der Waals surface area contributed by atoms with Crippen LogP contribution in [0, 0.1) is 0 Å². The molecule has 8 heteroatoms. The Hall–Kier alpha value is -2.09. The molecule has 3 atom stereocenters. The lowest BCUT2D eigenvalue weighted by Gasteiger charge is -2.24. The summed E-state index contributed by atoms with van der Waals surface area (Å²) in [5.41, 5.74) is 4.82. The van der Waals surface area contributed by atoms with E-state index in [9.17, 15) is 13.2 Å². The van der Waals surface area contributed by atoms with Crippen molar-refractivity contribution in [3.63, 3.8) is 0 Å². The van der Waals surface area contributed by atoms with Gasteiger partial charge in [0.2, 0.25) is 0 Å². The number of nitrogens with two attached hydrogens (primary N) is 1. The molecule has 156 valence electrons. The molecule has 1 amide bonds.